The third kappa shape index (κ3) is 1.51. The predicted molar refractivity (Wildman–Crippen MR) is 42.3 cm³/mol. The number of rotatable bonds is 2. The fraction of sp³-hybridized carbons (Fsp3) is 0.714. The molecule has 1 heterocycles. The van der Waals surface area contributed by atoms with Crippen LogP contribution in [0.25, 0.3) is 0 Å². The highest BCUT2D eigenvalue weighted by molar-refractivity contribution is 5.82. The van der Waals surface area contributed by atoms with E-state index in [0.29, 0.717) is 0 Å². The number of hydrogen-bond acceptors (Lipinski definition) is 4. The average Bonchev–Trinajstić information content (AvgIpc) is 2.75. The summed E-state index contributed by atoms with van der Waals surface area (Å²) in [6.07, 6.45) is 4.37. The Morgan fingerprint density at radius 2 is 2.15 bits per heavy atom. The lowest BCUT2D eigenvalue weighted by Gasteiger charge is -2.04. The molecular formula is C7H10N4O2. The van der Waals surface area contributed by atoms with Crippen molar-refractivity contribution in [3.8, 4) is 0 Å². The molecule has 0 aromatic carbocycles. The highest BCUT2D eigenvalue weighted by Gasteiger charge is 2.21. The summed E-state index contributed by atoms with van der Waals surface area (Å²) in [7, 11) is 0. The SMILES string of the molecule is O=C(O)c1nnn(C2CCCC2)n1. The second-order valence-corrected chi connectivity index (χ2v) is 3.18. The molecule has 0 saturated heterocycles. The van der Waals surface area contributed by atoms with Crippen molar-refractivity contribution < 1.29 is 9.90 Å². The normalized spacial score (nSPS) is 17.8. The number of aromatic carboxylic acids is 1. The number of carbonyl (C=O) groups is 1. The van der Waals surface area contributed by atoms with E-state index < -0.39 is 5.97 Å². The van der Waals surface area contributed by atoms with Crippen LogP contribution in [-0.2, 0) is 0 Å². The summed E-state index contributed by atoms with van der Waals surface area (Å²) in [6.45, 7) is 0. The third-order valence-electron chi connectivity index (χ3n) is 2.27. The standard InChI is InChI=1S/C7H10N4O2/c12-7(13)6-8-10-11(9-6)5-3-1-2-4-5/h5H,1-4H2,(H,12,13). The molecule has 2 rings (SSSR count). The smallest absolute Gasteiger partial charge is 0.377 e. The number of aromatic nitrogens is 4. The van der Waals surface area contributed by atoms with Gasteiger partial charge >= 0.3 is 5.97 Å². The van der Waals surface area contributed by atoms with Gasteiger partial charge in [0.05, 0.1) is 6.04 Å². The Hall–Kier alpha value is -1.46. The van der Waals surface area contributed by atoms with Gasteiger partial charge in [0.2, 0.25) is 0 Å². The molecule has 1 aliphatic rings. The molecule has 1 N–H and O–H groups in total. The average molecular weight is 182 g/mol. The fourth-order valence-electron chi connectivity index (χ4n) is 1.60. The number of carboxylic acid groups (broad SMARTS) is 1. The van der Waals surface area contributed by atoms with E-state index >= 15 is 0 Å². The molecule has 1 saturated carbocycles. The molecule has 13 heavy (non-hydrogen) atoms. The molecular weight excluding hydrogens is 172 g/mol. The van der Waals surface area contributed by atoms with Crippen molar-refractivity contribution >= 4 is 5.97 Å². The van der Waals surface area contributed by atoms with Crippen LogP contribution in [0.3, 0.4) is 0 Å². The molecule has 6 nitrogen and oxygen atoms in total. The molecule has 1 aromatic heterocycles. The minimum absolute atomic E-state index is 0.216. The van der Waals surface area contributed by atoms with Gasteiger partial charge in [0.15, 0.2) is 0 Å². The number of carboxylic acids is 1. The highest BCUT2D eigenvalue weighted by atomic mass is 16.4. The van der Waals surface area contributed by atoms with Crippen LogP contribution < -0.4 is 0 Å². The van der Waals surface area contributed by atoms with Crippen LogP contribution in [0.4, 0.5) is 0 Å². The summed E-state index contributed by atoms with van der Waals surface area (Å²) in [5.74, 6) is -1.34. The Labute approximate surface area is 74.6 Å². The van der Waals surface area contributed by atoms with Gasteiger partial charge in [0.25, 0.3) is 5.82 Å². The Kier molecular flexibility index (Phi) is 1.96. The third-order valence-corrected chi connectivity index (χ3v) is 2.27. The van der Waals surface area contributed by atoms with Crippen molar-refractivity contribution in [1.29, 1.82) is 0 Å². The number of tetrazole rings is 1. The molecule has 0 radical (unpaired) electrons. The molecule has 0 amide bonds. The maximum atomic E-state index is 10.5. The zero-order valence-electron chi connectivity index (χ0n) is 7.05. The van der Waals surface area contributed by atoms with Gasteiger partial charge in [-0.25, -0.2) is 4.79 Å². The van der Waals surface area contributed by atoms with E-state index in [1.807, 2.05) is 0 Å². The van der Waals surface area contributed by atoms with Gasteiger partial charge in [-0.3, -0.25) is 0 Å². The van der Waals surface area contributed by atoms with Gasteiger partial charge < -0.3 is 5.11 Å². The van der Waals surface area contributed by atoms with Crippen LogP contribution in [-0.4, -0.2) is 31.3 Å². The van der Waals surface area contributed by atoms with Gasteiger partial charge in [-0.15, -0.1) is 10.2 Å². The molecule has 0 spiro atoms. The summed E-state index contributed by atoms with van der Waals surface area (Å²) >= 11 is 0. The second-order valence-electron chi connectivity index (χ2n) is 3.18. The topological polar surface area (TPSA) is 80.9 Å². The maximum Gasteiger partial charge on any atom is 0.377 e. The minimum atomic E-state index is -1.12. The Balaban J connectivity index is 2.16. The molecule has 1 aliphatic carbocycles. The zero-order chi connectivity index (χ0) is 9.26. The van der Waals surface area contributed by atoms with Gasteiger partial charge in [-0.05, 0) is 18.1 Å². The Morgan fingerprint density at radius 1 is 1.46 bits per heavy atom. The summed E-state index contributed by atoms with van der Waals surface area (Å²) in [5, 5.41) is 19.5. The summed E-state index contributed by atoms with van der Waals surface area (Å²) in [5.41, 5.74) is 0. The molecule has 0 unspecified atom stereocenters. The highest BCUT2D eigenvalue weighted by Crippen LogP contribution is 2.27. The molecule has 0 atom stereocenters. The van der Waals surface area contributed by atoms with E-state index in [4.69, 9.17) is 5.11 Å². The van der Waals surface area contributed by atoms with Crippen molar-refractivity contribution in [3.05, 3.63) is 5.82 Å². The Morgan fingerprint density at radius 3 is 2.69 bits per heavy atom. The first kappa shape index (κ1) is 8.15. The first-order valence-electron chi connectivity index (χ1n) is 4.30. The van der Waals surface area contributed by atoms with Crippen molar-refractivity contribution in [1.82, 2.24) is 20.2 Å². The minimum Gasteiger partial charge on any atom is -0.475 e. The second kappa shape index (κ2) is 3.12. The first-order valence-corrected chi connectivity index (χ1v) is 4.30. The van der Waals surface area contributed by atoms with E-state index in [2.05, 4.69) is 15.4 Å². The van der Waals surface area contributed by atoms with Crippen LogP contribution >= 0.6 is 0 Å². The lowest BCUT2D eigenvalue weighted by atomic mass is 10.3. The van der Waals surface area contributed by atoms with E-state index in [0.717, 1.165) is 25.7 Å². The monoisotopic (exact) mass is 182 g/mol. The number of hydrogen-bond donors (Lipinski definition) is 1. The van der Waals surface area contributed by atoms with E-state index in [9.17, 15) is 4.79 Å². The largest absolute Gasteiger partial charge is 0.475 e. The molecule has 1 fully saturated rings. The van der Waals surface area contributed by atoms with Gasteiger partial charge in [0, 0.05) is 0 Å². The summed E-state index contributed by atoms with van der Waals surface area (Å²) < 4.78 is 0. The predicted octanol–water partition coefficient (Wildman–Crippen LogP) is 0.486. The van der Waals surface area contributed by atoms with Crippen molar-refractivity contribution in [2.75, 3.05) is 0 Å². The number of nitrogens with zero attached hydrogens (tertiary/aromatic N) is 4. The maximum absolute atomic E-state index is 10.5. The van der Waals surface area contributed by atoms with Gasteiger partial charge in [-0.2, -0.15) is 4.80 Å². The fourth-order valence-corrected chi connectivity index (χ4v) is 1.60. The van der Waals surface area contributed by atoms with Crippen molar-refractivity contribution in [2.45, 2.75) is 31.7 Å². The summed E-state index contributed by atoms with van der Waals surface area (Å²) in [6, 6.07) is 0.251. The van der Waals surface area contributed by atoms with E-state index in [-0.39, 0.29) is 11.9 Å². The van der Waals surface area contributed by atoms with Crippen molar-refractivity contribution in [2.24, 2.45) is 0 Å². The van der Waals surface area contributed by atoms with Crippen LogP contribution in [0.1, 0.15) is 42.3 Å². The Bertz CT molecular complexity index is 316. The first-order chi connectivity index (χ1) is 6.27. The molecule has 0 bridgehead atoms. The quantitative estimate of drug-likeness (QED) is 0.719. The van der Waals surface area contributed by atoms with Crippen molar-refractivity contribution in [3.63, 3.8) is 0 Å². The zero-order valence-corrected chi connectivity index (χ0v) is 7.05. The van der Waals surface area contributed by atoms with Crippen LogP contribution in [0.5, 0.6) is 0 Å². The lowest BCUT2D eigenvalue weighted by Crippen LogP contribution is -2.09. The summed E-state index contributed by atoms with van der Waals surface area (Å²) in [4.78, 5) is 11.9. The van der Waals surface area contributed by atoms with Gasteiger partial charge in [0.1, 0.15) is 0 Å². The van der Waals surface area contributed by atoms with Gasteiger partial charge in [-0.1, -0.05) is 12.8 Å². The molecule has 0 aliphatic heterocycles. The molecule has 70 valence electrons. The van der Waals surface area contributed by atoms with Crippen LogP contribution in [0.2, 0.25) is 0 Å². The van der Waals surface area contributed by atoms with E-state index in [1.54, 1.807) is 0 Å². The van der Waals surface area contributed by atoms with E-state index in [1.165, 1.54) is 4.80 Å². The molecule has 6 heteroatoms. The van der Waals surface area contributed by atoms with Crippen LogP contribution in [0, 0.1) is 0 Å². The molecule has 1 aromatic rings. The lowest BCUT2D eigenvalue weighted by molar-refractivity contribution is 0.0683. The van der Waals surface area contributed by atoms with Crippen LogP contribution in [0.15, 0.2) is 0 Å².